The molecule has 0 radical (unpaired) electrons. The molecule has 2 N–H and O–H groups in total. The zero-order chi connectivity index (χ0) is 17.4. The molecule has 0 spiro atoms. The van der Waals surface area contributed by atoms with Crippen LogP contribution >= 0.6 is 0 Å². The molecule has 0 aliphatic rings. The maximum Gasteiger partial charge on any atom is 0.272 e. The van der Waals surface area contributed by atoms with Crippen LogP contribution in [0.4, 0.5) is 0 Å². The normalized spacial score (nSPS) is 13.0. The van der Waals surface area contributed by atoms with E-state index in [1.807, 2.05) is 45.5 Å². The Morgan fingerprint density at radius 1 is 1.43 bits per heavy atom. The first kappa shape index (κ1) is 18.9. The van der Waals surface area contributed by atoms with Crippen molar-refractivity contribution in [2.75, 3.05) is 7.11 Å². The van der Waals surface area contributed by atoms with Gasteiger partial charge in [0, 0.05) is 19.3 Å². The highest BCUT2D eigenvalue weighted by molar-refractivity contribution is 5.92. The van der Waals surface area contributed by atoms with Crippen LogP contribution in [-0.4, -0.2) is 39.0 Å². The van der Waals surface area contributed by atoms with E-state index >= 15 is 0 Å². The molecule has 2 unspecified atom stereocenters. The molecule has 7 heteroatoms. The number of hydrogen-bond donors (Lipinski definition) is 2. The second kappa shape index (κ2) is 9.09. The number of carbonyl (C=O) groups excluding carboxylic acids is 1. The van der Waals surface area contributed by atoms with E-state index in [0.29, 0.717) is 12.2 Å². The number of aromatic amines is 1. The molecule has 0 bridgehead atoms. The van der Waals surface area contributed by atoms with E-state index in [4.69, 9.17) is 4.74 Å². The molecule has 0 saturated carbocycles. The van der Waals surface area contributed by atoms with Crippen LogP contribution in [-0.2, 0) is 11.3 Å². The van der Waals surface area contributed by atoms with Crippen LogP contribution in [0.25, 0.3) is 0 Å². The van der Waals surface area contributed by atoms with Gasteiger partial charge in [-0.15, -0.1) is 0 Å². The first-order valence-corrected chi connectivity index (χ1v) is 7.87. The first-order chi connectivity index (χ1) is 11.0. The lowest BCUT2D eigenvalue weighted by Gasteiger charge is -2.12. The summed E-state index contributed by atoms with van der Waals surface area (Å²) < 4.78 is 6.99. The Balaban J connectivity index is 0.00000127. The maximum atomic E-state index is 12.1. The van der Waals surface area contributed by atoms with E-state index in [0.717, 1.165) is 11.3 Å². The van der Waals surface area contributed by atoms with Gasteiger partial charge in [-0.1, -0.05) is 13.8 Å². The van der Waals surface area contributed by atoms with Crippen molar-refractivity contribution in [3.05, 3.63) is 35.4 Å². The smallest absolute Gasteiger partial charge is 0.272 e. The van der Waals surface area contributed by atoms with Crippen molar-refractivity contribution < 1.29 is 9.53 Å². The number of amides is 1. The fourth-order valence-corrected chi connectivity index (χ4v) is 1.98. The minimum absolute atomic E-state index is 0.0446. The number of carbonyl (C=O) groups is 1. The molecule has 2 rings (SSSR count). The summed E-state index contributed by atoms with van der Waals surface area (Å²) in [4.78, 5) is 12.1. The predicted octanol–water partition coefficient (Wildman–Crippen LogP) is 2.47. The number of rotatable bonds is 6. The Kier molecular flexibility index (Phi) is 7.47. The average molecular weight is 321 g/mol. The molecule has 0 aliphatic heterocycles. The zero-order valence-electron chi connectivity index (χ0n) is 14.8. The molecule has 7 nitrogen and oxygen atoms in total. The lowest BCUT2D eigenvalue weighted by Crippen LogP contribution is -2.36. The standard InChI is InChI=1S/C14H21N5O2.C2H6/c1-9-6-15-19(7-9)8-10(2)16-14(20)13-5-12(17-18-13)11(3)21-4;1-2/h5-7,10-11H,8H2,1-4H3,(H,16,20)(H,17,18);1-2H3. The molecular formula is C16H27N5O2. The van der Waals surface area contributed by atoms with Gasteiger partial charge in [0.1, 0.15) is 5.69 Å². The first-order valence-electron chi connectivity index (χ1n) is 7.87. The van der Waals surface area contributed by atoms with Gasteiger partial charge in [-0.25, -0.2) is 0 Å². The number of H-pyrrole nitrogens is 1. The second-order valence-electron chi connectivity index (χ2n) is 5.20. The predicted molar refractivity (Wildman–Crippen MR) is 89.3 cm³/mol. The quantitative estimate of drug-likeness (QED) is 0.856. The summed E-state index contributed by atoms with van der Waals surface area (Å²) in [5.41, 5.74) is 2.23. The summed E-state index contributed by atoms with van der Waals surface area (Å²) in [7, 11) is 1.61. The number of methoxy groups -OCH3 is 1. The third kappa shape index (κ3) is 5.52. The van der Waals surface area contributed by atoms with Crippen molar-refractivity contribution in [3.63, 3.8) is 0 Å². The molecule has 2 aromatic heterocycles. The highest BCUT2D eigenvalue weighted by atomic mass is 16.5. The van der Waals surface area contributed by atoms with E-state index < -0.39 is 0 Å². The van der Waals surface area contributed by atoms with E-state index in [2.05, 4.69) is 20.6 Å². The van der Waals surface area contributed by atoms with Crippen LogP contribution in [0.5, 0.6) is 0 Å². The SMILES string of the molecule is CC.COC(C)c1cc(C(=O)NC(C)Cn2cc(C)cn2)n[nH]1. The molecule has 0 saturated heterocycles. The van der Waals surface area contributed by atoms with Crippen molar-refractivity contribution >= 4 is 5.91 Å². The number of nitrogens with zero attached hydrogens (tertiary/aromatic N) is 3. The van der Waals surface area contributed by atoms with Crippen molar-refractivity contribution in [2.45, 2.75) is 53.3 Å². The summed E-state index contributed by atoms with van der Waals surface area (Å²) in [6.45, 7) is 10.4. The largest absolute Gasteiger partial charge is 0.375 e. The number of ether oxygens (including phenoxy) is 1. The molecule has 0 aromatic carbocycles. The van der Waals surface area contributed by atoms with E-state index in [1.54, 1.807) is 19.4 Å². The molecule has 128 valence electrons. The Morgan fingerprint density at radius 2 is 2.13 bits per heavy atom. The van der Waals surface area contributed by atoms with Crippen LogP contribution in [0.2, 0.25) is 0 Å². The summed E-state index contributed by atoms with van der Waals surface area (Å²) in [6, 6.07) is 1.66. The van der Waals surface area contributed by atoms with Gasteiger partial charge in [0.05, 0.1) is 24.5 Å². The monoisotopic (exact) mass is 321 g/mol. The number of aryl methyl sites for hydroxylation is 1. The van der Waals surface area contributed by atoms with Gasteiger partial charge in [0.2, 0.25) is 0 Å². The van der Waals surface area contributed by atoms with Crippen molar-refractivity contribution in [3.8, 4) is 0 Å². The summed E-state index contributed by atoms with van der Waals surface area (Å²) in [6.07, 6.45) is 3.61. The third-order valence-corrected chi connectivity index (χ3v) is 3.22. The van der Waals surface area contributed by atoms with Gasteiger partial charge in [-0.2, -0.15) is 10.2 Å². The van der Waals surface area contributed by atoms with Crippen molar-refractivity contribution in [1.82, 2.24) is 25.3 Å². The lowest BCUT2D eigenvalue weighted by molar-refractivity contribution is 0.0931. The maximum absolute atomic E-state index is 12.1. The van der Waals surface area contributed by atoms with Crippen LogP contribution in [0.1, 0.15) is 55.5 Å². The van der Waals surface area contributed by atoms with E-state index in [-0.39, 0.29) is 18.1 Å². The second-order valence-corrected chi connectivity index (χ2v) is 5.20. The molecule has 1 amide bonds. The summed E-state index contributed by atoms with van der Waals surface area (Å²) in [5.74, 6) is -0.211. The fourth-order valence-electron chi connectivity index (χ4n) is 1.98. The van der Waals surface area contributed by atoms with Crippen molar-refractivity contribution in [2.24, 2.45) is 0 Å². The zero-order valence-corrected chi connectivity index (χ0v) is 14.8. The molecular weight excluding hydrogens is 294 g/mol. The van der Waals surface area contributed by atoms with E-state index in [9.17, 15) is 4.79 Å². The van der Waals surface area contributed by atoms with Gasteiger partial charge in [-0.3, -0.25) is 14.6 Å². The Morgan fingerprint density at radius 3 is 2.70 bits per heavy atom. The average Bonchev–Trinajstić information content (AvgIpc) is 3.17. The van der Waals surface area contributed by atoms with Gasteiger partial charge >= 0.3 is 0 Å². The summed E-state index contributed by atoms with van der Waals surface area (Å²) >= 11 is 0. The molecule has 2 atom stereocenters. The van der Waals surface area contributed by atoms with Crippen LogP contribution in [0.3, 0.4) is 0 Å². The van der Waals surface area contributed by atoms with Crippen LogP contribution in [0.15, 0.2) is 18.5 Å². The molecule has 0 aliphatic carbocycles. The van der Waals surface area contributed by atoms with Gasteiger partial charge < -0.3 is 10.1 Å². The molecule has 23 heavy (non-hydrogen) atoms. The lowest BCUT2D eigenvalue weighted by atomic mass is 10.2. The topological polar surface area (TPSA) is 84.8 Å². The number of nitrogens with one attached hydrogen (secondary N) is 2. The van der Waals surface area contributed by atoms with Gasteiger partial charge in [0.15, 0.2) is 0 Å². The molecule has 2 aromatic rings. The minimum Gasteiger partial charge on any atom is -0.375 e. The third-order valence-electron chi connectivity index (χ3n) is 3.22. The highest BCUT2D eigenvalue weighted by Gasteiger charge is 2.16. The Labute approximate surface area is 137 Å². The Hall–Kier alpha value is -2.15. The van der Waals surface area contributed by atoms with E-state index in [1.165, 1.54) is 0 Å². The van der Waals surface area contributed by atoms with Gasteiger partial charge in [0.25, 0.3) is 5.91 Å². The fraction of sp³-hybridized carbons (Fsp3) is 0.562. The Bertz CT molecular complexity index is 605. The molecule has 0 fully saturated rings. The van der Waals surface area contributed by atoms with Gasteiger partial charge in [-0.05, 0) is 32.4 Å². The van der Waals surface area contributed by atoms with Crippen molar-refractivity contribution in [1.29, 1.82) is 0 Å². The number of hydrogen-bond acceptors (Lipinski definition) is 4. The van der Waals surface area contributed by atoms with Crippen LogP contribution < -0.4 is 5.32 Å². The molecule has 2 heterocycles. The number of aromatic nitrogens is 4. The summed E-state index contributed by atoms with van der Waals surface area (Å²) in [5, 5.41) is 13.9. The highest BCUT2D eigenvalue weighted by Crippen LogP contribution is 2.13. The minimum atomic E-state index is -0.211. The van der Waals surface area contributed by atoms with Crippen LogP contribution in [0, 0.1) is 6.92 Å².